The Morgan fingerprint density at radius 1 is 1.10 bits per heavy atom. The number of rotatable bonds is 4. The summed E-state index contributed by atoms with van der Waals surface area (Å²) in [7, 11) is 0. The van der Waals surface area contributed by atoms with Gasteiger partial charge < -0.3 is 5.32 Å². The molecule has 0 saturated heterocycles. The summed E-state index contributed by atoms with van der Waals surface area (Å²) in [4.78, 5) is 0. The van der Waals surface area contributed by atoms with E-state index in [1.54, 1.807) is 30.3 Å². The van der Waals surface area contributed by atoms with Crippen LogP contribution >= 0.6 is 22.6 Å². The molecule has 21 heavy (non-hydrogen) atoms. The quantitative estimate of drug-likeness (QED) is 0.643. The average Bonchev–Trinajstić information content (AvgIpc) is 2.40. The van der Waals surface area contributed by atoms with Gasteiger partial charge in [-0.15, -0.1) is 0 Å². The van der Waals surface area contributed by atoms with Crippen LogP contribution in [-0.2, 0) is 0 Å². The van der Waals surface area contributed by atoms with Crippen LogP contribution in [0.1, 0.15) is 23.6 Å². The van der Waals surface area contributed by atoms with Gasteiger partial charge in [0.15, 0.2) is 0 Å². The molecule has 0 fully saturated rings. The normalized spacial score (nSPS) is 13.0. The molecule has 5 heteroatoms. The maximum Gasteiger partial charge on any atom is 0.391 e. The number of anilines is 1. The maximum absolute atomic E-state index is 12.8. The highest BCUT2D eigenvalue weighted by molar-refractivity contribution is 14.1. The van der Waals surface area contributed by atoms with Crippen LogP contribution in [0.25, 0.3) is 0 Å². The molecule has 1 nitrogen and oxygen atoms in total. The zero-order chi connectivity index (χ0) is 15.5. The van der Waals surface area contributed by atoms with E-state index in [0.29, 0.717) is 5.56 Å². The third-order valence-corrected chi connectivity index (χ3v) is 3.83. The van der Waals surface area contributed by atoms with Crippen molar-refractivity contribution in [3.05, 3.63) is 63.2 Å². The Bertz CT molecular complexity index is 596. The Labute approximate surface area is 135 Å². The molecule has 2 aromatic rings. The second-order valence-electron chi connectivity index (χ2n) is 4.89. The minimum atomic E-state index is -4.22. The molecule has 0 aliphatic heterocycles. The molecule has 2 rings (SSSR count). The third-order valence-electron chi connectivity index (χ3n) is 3.16. The number of hydrogen-bond acceptors (Lipinski definition) is 1. The predicted molar refractivity (Wildman–Crippen MR) is 87.4 cm³/mol. The molecule has 1 atom stereocenters. The van der Waals surface area contributed by atoms with E-state index in [-0.39, 0.29) is 0 Å². The molecule has 0 amide bonds. The first-order valence-electron chi connectivity index (χ1n) is 6.49. The van der Waals surface area contributed by atoms with Gasteiger partial charge in [0.1, 0.15) is 0 Å². The molecule has 1 N–H and O–H groups in total. The fourth-order valence-corrected chi connectivity index (χ4v) is 2.79. The second-order valence-corrected chi connectivity index (χ2v) is 6.13. The molecular formula is C16H15F3IN. The summed E-state index contributed by atoms with van der Waals surface area (Å²) in [6.45, 7) is 1.89. The average molecular weight is 405 g/mol. The third kappa shape index (κ3) is 4.91. The van der Waals surface area contributed by atoms with E-state index in [2.05, 4.69) is 27.9 Å². The molecule has 0 spiro atoms. The standard InChI is InChI=1S/C16H15F3IN/c1-11-9-13(20)7-8-14(11)21-15(10-16(17,18)19)12-5-3-2-4-6-12/h2-9,15,21H,10H2,1H3. The van der Waals surface area contributed by atoms with Gasteiger partial charge in [0, 0.05) is 9.26 Å². The van der Waals surface area contributed by atoms with E-state index in [0.717, 1.165) is 14.8 Å². The monoisotopic (exact) mass is 405 g/mol. The van der Waals surface area contributed by atoms with Crippen LogP contribution in [0.5, 0.6) is 0 Å². The molecule has 0 bridgehead atoms. The summed E-state index contributed by atoms with van der Waals surface area (Å²) in [6, 6.07) is 13.6. The van der Waals surface area contributed by atoms with E-state index in [9.17, 15) is 13.2 Å². The molecule has 0 aliphatic rings. The lowest BCUT2D eigenvalue weighted by Gasteiger charge is -2.23. The predicted octanol–water partition coefficient (Wildman–Crippen LogP) is 5.71. The topological polar surface area (TPSA) is 12.0 Å². The minimum absolute atomic E-state index is 0.632. The Morgan fingerprint density at radius 3 is 2.33 bits per heavy atom. The van der Waals surface area contributed by atoms with Crippen molar-refractivity contribution in [3.8, 4) is 0 Å². The number of nitrogens with one attached hydrogen (secondary N) is 1. The molecule has 0 aliphatic carbocycles. The Kier molecular flexibility index (Phi) is 5.13. The van der Waals surface area contributed by atoms with Crippen molar-refractivity contribution >= 4 is 28.3 Å². The van der Waals surface area contributed by atoms with Gasteiger partial charge in [-0.1, -0.05) is 30.3 Å². The first-order chi connectivity index (χ1) is 9.85. The highest BCUT2D eigenvalue weighted by atomic mass is 127. The first-order valence-corrected chi connectivity index (χ1v) is 7.57. The van der Waals surface area contributed by atoms with Gasteiger partial charge in [0.25, 0.3) is 0 Å². The van der Waals surface area contributed by atoms with Crippen molar-refractivity contribution in [2.45, 2.75) is 25.6 Å². The summed E-state index contributed by atoms with van der Waals surface area (Å²) in [5, 5.41) is 3.02. The van der Waals surface area contributed by atoms with Crippen molar-refractivity contribution in [1.82, 2.24) is 0 Å². The van der Waals surface area contributed by atoms with Crippen molar-refractivity contribution in [2.75, 3.05) is 5.32 Å². The van der Waals surface area contributed by atoms with E-state index >= 15 is 0 Å². The highest BCUT2D eigenvalue weighted by Gasteiger charge is 2.32. The zero-order valence-electron chi connectivity index (χ0n) is 11.4. The number of aryl methyl sites for hydroxylation is 1. The SMILES string of the molecule is Cc1cc(I)ccc1NC(CC(F)(F)F)c1ccccc1. The van der Waals surface area contributed by atoms with Crippen molar-refractivity contribution < 1.29 is 13.2 Å². The first kappa shape index (κ1) is 16.1. The second kappa shape index (κ2) is 6.68. The smallest absolute Gasteiger partial charge is 0.378 e. The molecular weight excluding hydrogens is 390 g/mol. The lowest BCUT2D eigenvalue weighted by atomic mass is 10.0. The molecule has 0 heterocycles. The number of benzene rings is 2. The van der Waals surface area contributed by atoms with Gasteiger partial charge in [-0.2, -0.15) is 13.2 Å². The van der Waals surface area contributed by atoms with Crippen LogP contribution in [0, 0.1) is 10.5 Å². The molecule has 0 aromatic heterocycles. The van der Waals surface area contributed by atoms with Crippen LogP contribution in [-0.4, -0.2) is 6.18 Å². The van der Waals surface area contributed by atoms with Crippen LogP contribution in [0.2, 0.25) is 0 Å². The zero-order valence-corrected chi connectivity index (χ0v) is 13.6. The van der Waals surface area contributed by atoms with Gasteiger partial charge in [-0.25, -0.2) is 0 Å². The van der Waals surface area contributed by atoms with Crippen LogP contribution in [0.3, 0.4) is 0 Å². The van der Waals surface area contributed by atoms with Crippen molar-refractivity contribution in [3.63, 3.8) is 0 Å². The molecule has 0 radical (unpaired) electrons. The summed E-state index contributed by atoms with van der Waals surface area (Å²) in [5.74, 6) is 0. The molecule has 112 valence electrons. The number of alkyl halides is 3. The molecule has 0 saturated carbocycles. The number of halogens is 4. The Balaban J connectivity index is 2.28. The van der Waals surface area contributed by atoms with Gasteiger partial charge in [-0.05, 0) is 58.8 Å². The van der Waals surface area contributed by atoms with Crippen molar-refractivity contribution in [2.24, 2.45) is 0 Å². The summed E-state index contributed by atoms with van der Waals surface area (Å²) >= 11 is 2.18. The molecule has 1 unspecified atom stereocenters. The van der Waals surface area contributed by atoms with Crippen molar-refractivity contribution in [1.29, 1.82) is 0 Å². The van der Waals surface area contributed by atoms with Crippen LogP contribution < -0.4 is 5.32 Å². The summed E-state index contributed by atoms with van der Waals surface area (Å²) in [5.41, 5.74) is 2.30. The largest absolute Gasteiger partial charge is 0.391 e. The van der Waals surface area contributed by atoms with E-state index in [1.807, 2.05) is 25.1 Å². The maximum atomic E-state index is 12.8. The fraction of sp³-hybridized carbons (Fsp3) is 0.250. The number of hydrogen-bond donors (Lipinski definition) is 1. The van der Waals surface area contributed by atoms with Gasteiger partial charge in [-0.3, -0.25) is 0 Å². The molecule has 2 aromatic carbocycles. The van der Waals surface area contributed by atoms with E-state index in [4.69, 9.17) is 0 Å². The summed E-state index contributed by atoms with van der Waals surface area (Å²) in [6.07, 6.45) is -5.12. The Hall–Kier alpha value is -1.24. The van der Waals surface area contributed by atoms with E-state index in [1.165, 1.54) is 0 Å². The fourth-order valence-electron chi connectivity index (χ4n) is 2.15. The van der Waals surface area contributed by atoms with Gasteiger partial charge in [0.2, 0.25) is 0 Å². The van der Waals surface area contributed by atoms with Gasteiger partial charge >= 0.3 is 6.18 Å². The van der Waals surface area contributed by atoms with Crippen LogP contribution in [0.4, 0.5) is 18.9 Å². The highest BCUT2D eigenvalue weighted by Crippen LogP contribution is 2.33. The summed E-state index contributed by atoms with van der Waals surface area (Å²) < 4.78 is 39.5. The Morgan fingerprint density at radius 2 is 1.76 bits per heavy atom. The minimum Gasteiger partial charge on any atom is -0.378 e. The van der Waals surface area contributed by atoms with E-state index < -0.39 is 18.6 Å². The van der Waals surface area contributed by atoms with Crippen LogP contribution in [0.15, 0.2) is 48.5 Å². The lowest BCUT2D eigenvalue weighted by molar-refractivity contribution is -0.137. The van der Waals surface area contributed by atoms with Gasteiger partial charge in [0.05, 0.1) is 12.5 Å². The lowest BCUT2D eigenvalue weighted by Crippen LogP contribution is -2.20.